The number of hydrogen-bond donors (Lipinski definition) is 0. The molecule has 0 fully saturated rings. The predicted octanol–water partition coefficient (Wildman–Crippen LogP) is 2.56. The summed E-state index contributed by atoms with van der Waals surface area (Å²) in [6, 6.07) is 9.52. The number of nitrogens with zero attached hydrogens (tertiary/aromatic N) is 5. The Labute approximate surface area is 145 Å². The number of hydrogen-bond acceptors (Lipinski definition) is 5. The summed E-state index contributed by atoms with van der Waals surface area (Å²) in [7, 11) is 1.22. The summed E-state index contributed by atoms with van der Waals surface area (Å²) in [5.41, 5.74) is 1.77. The molecule has 0 N–H and O–H groups in total. The van der Waals surface area contributed by atoms with E-state index in [1.54, 1.807) is 0 Å². The van der Waals surface area contributed by atoms with Crippen LogP contribution in [-0.4, -0.2) is 43.7 Å². The minimum atomic E-state index is -4.58. The van der Waals surface area contributed by atoms with Crippen molar-refractivity contribution >= 4 is 23.4 Å². The first-order valence-electron chi connectivity index (χ1n) is 7.39. The molecule has 2 aromatic rings. The lowest BCUT2D eigenvalue weighted by atomic mass is 10.1. The van der Waals surface area contributed by atoms with Crippen LogP contribution in [0, 0.1) is 0 Å². The van der Waals surface area contributed by atoms with Crippen LogP contribution in [0.2, 0.25) is 0 Å². The highest BCUT2D eigenvalue weighted by molar-refractivity contribution is 7.99. The van der Waals surface area contributed by atoms with E-state index in [-0.39, 0.29) is 16.8 Å². The van der Waals surface area contributed by atoms with Gasteiger partial charge < -0.3 is 4.57 Å². The topological polar surface area (TPSA) is 63.4 Å². The summed E-state index contributed by atoms with van der Waals surface area (Å²) in [6.45, 7) is 0.455. The SMILES string of the molecule is Cn1c(SCC(=O)N2CCC(c3ccccc3)=N2)nnc1C(F)(F)F. The second kappa shape index (κ2) is 6.87. The molecule has 1 aromatic heterocycles. The lowest BCUT2D eigenvalue weighted by Crippen LogP contribution is -2.25. The molecule has 132 valence electrons. The molecule has 0 atom stereocenters. The van der Waals surface area contributed by atoms with Gasteiger partial charge in [-0.05, 0) is 5.56 Å². The van der Waals surface area contributed by atoms with Crippen LogP contribution in [-0.2, 0) is 18.0 Å². The van der Waals surface area contributed by atoms with E-state index < -0.39 is 12.0 Å². The average molecular weight is 369 g/mol. The summed E-state index contributed by atoms with van der Waals surface area (Å²) in [4.78, 5) is 12.2. The van der Waals surface area contributed by atoms with Crippen molar-refractivity contribution < 1.29 is 18.0 Å². The number of carbonyl (C=O) groups is 1. The molecule has 0 bridgehead atoms. The summed E-state index contributed by atoms with van der Waals surface area (Å²) in [5.74, 6) is -1.43. The Hall–Kier alpha value is -2.36. The van der Waals surface area contributed by atoms with Gasteiger partial charge in [-0.3, -0.25) is 4.79 Å². The van der Waals surface area contributed by atoms with E-state index in [0.717, 1.165) is 27.6 Å². The first kappa shape index (κ1) is 17.5. The molecule has 10 heteroatoms. The fraction of sp³-hybridized carbons (Fsp3) is 0.333. The third kappa shape index (κ3) is 3.84. The van der Waals surface area contributed by atoms with Crippen molar-refractivity contribution in [1.29, 1.82) is 0 Å². The number of aromatic nitrogens is 3. The van der Waals surface area contributed by atoms with E-state index in [4.69, 9.17) is 0 Å². The fourth-order valence-electron chi connectivity index (χ4n) is 2.36. The van der Waals surface area contributed by atoms with Gasteiger partial charge in [0.1, 0.15) is 0 Å². The zero-order valence-corrected chi connectivity index (χ0v) is 14.0. The molecule has 0 radical (unpaired) electrons. The van der Waals surface area contributed by atoms with Crippen molar-refractivity contribution in [3.05, 3.63) is 41.7 Å². The van der Waals surface area contributed by atoms with Crippen LogP contribution in [0.5, 0.6) is 0 Å². The van der Waals surface area contributed by atoms with Gasteiger partial charge in [-0.25, -0.2) is 5.01 Å². The number of thioether (sulfide) groups is 1. The highest BCUT2D eigenvalue weighted by Crippen LogP contribution is 2.29. The van der Waals surface area contributed by atoms with Gasteiger partial charge in [-0.1, -0.05) is 42.1 Å². The van der Waals surface area contributed by atoms with Crippen LogP contribution in [0.25, 0.3) is 0 Å². The smallest absolute Gasteiger partial charge is 0.302 e. The molecular formula is C15H14F3N5OS. The lowest BCUT2D eigenvalue weighted by molar-refractivity contribution is -0.147. The van der Waals surface area contributed by atoms with Gasteiger partial charge in [0.15, 0.2) is 5.16 Å². The monoisotopic (exact) mass is 369 g/mol. The third-order valence-electron chi connectivity index (χ3n) is 3.61. The van der Waals surface area contributed by atoms with E-state index in [0.29, 0.717) is 13.0 Å². The Bertz CT molecular complexity index is 803. The maximum absolute atomic E-state index is 12.7. The maximum Gasteiger partial charge on any atom is 0.451 e. The van der Waals surface area contributed by atoms with Crippen molar-refractivity contribution in [2.75, 3.05) is 12.3 Å². The van der Waals surface area contributed by atoms with Crippen LogP contribution in [0.15, 0.2) is 40.6 Å². The van der Waals surface area contributed by atoms with Crippen molar-refractivity contribution in [3.8, 4) is 0 Å². The molecule has 2 heterocycles. The standard InChI is InChI=1S/C15H14F3N5OS/c1-22-13(15(16,17)18)19-20-14(22)25-9-12(24)23-8-7-11(21-23)10-5-3-2-4-6-10/h2-6H,7-9H2,1H3. The van der Waals surface area contributed by atoms with E-state index in [1.807, 2.05) is 30.3 Å². The van der Waals surface area contributed by atoms with Gasteiger partial charge in [0, 0.05) is 13.5 Å². The Morgan fingerprint density at radius 1 is 1.24 bits per heavy atom. The summed E-state index contributed by atoms with van der Waals surface area (Å²) in [6.07, 6.45) is -3.93. The Morgan fingerprint density at radius 3 is 2.60 bits per heavy atom. The molecule has 0 saturated heterocycles. The number of alkyl halides is 3. The van der Waals surface area contributed by atoms with Crippen molar-refractivity contribution in [2.24, 2.45) is 12.1 Å². The molecule has 0 spiro atoms. The van der Waals surface area contributed by atoms with E-state index in [9.17, 15) is 18.0 Å². The molecule has 25 heavy (non-hydrogen) atoms. The minimum absolute atomic E-state index is 0.0344. The summed E-state index contributed by atoms with van der Waals surface area (Å²) in [5, 5.41) is 12.3. The molecule has 1 aliphatic rings. The quantitative estimate of drug-likeness (QED) is 0.777. The van der Waals surface area contributed by atoms with Gasteiger partial charge in [0.05, 0.1) is 18.0 Å². The van der Waals surface area contributed by atoms with Crippen molar-refractivity contribution in [3.63, 3.8) is 0 Å². The second-order valence-electron chi connectivity index (χ2n) is 5.33. The molecule has 3 rings (SSSR count). The van der Waals surface area contributed by atoms with Gasteiger partial charge >= 0.3 is 6.18 Å². The van der Waals surface area contributed by atoms with Crippen LogP contribution in [0.3, 0.4) is 0 Å². The third-order valence-corrected chi connectivity index (χ3v) is 4.61. The molecule has 1 aromatic carbocycles. The molecule has 1 amide bonds. The number of benzene rings is 1. The molecule has 0 unspecified atom stereocenters. The predicted molar refractivity (Wildman–Crippen MR) is 86.0 cm³/mol. The average Bonchev–Trinajstić information content (AvgIpc) is 3.20. The van der Waals surface area contributed by atoms with E-state index in [1.165, 1.54) is 12.1 Å². The number of carbonyl (C=O) groups excluding carboxylic acids is 1. The van der Waals surface area contributed by atoms with Crippen LogP contribution in [0.4, 0.5) is 13.2 Å². The number of hydrazone groups is 1. The summed E-state index contributed by atoms with van der Waals surface area (Å²) < 4.78 is 38.9. The van der Waals surface area contributed by atoms with Crippen LogP contribution in [0.1, 0.15) is 17.8 Å². The van der Waals surface area contributed by atoms with Gasteiger partial charge in [0.25, 0.3) is 5.91 Å². The van der Waals surface area contributed by atoms with E-state index in [2.05, 4.69) is 15.3 Å². The molecule has 0 saturated carbocycles. The molecule has 6 nitrogen and oxygen atoms in total. The second-order valence-corrected chi connectivity index (χ2v) is 6.27. The Balaban J connectivity index is 1.63. The van der Waals surface area contributed by atoms with E-state index >= 15 is 0 Å². The molecule has 0 aliphatic carbocycles. The Morgan fingerprint density at radius 2 is 1.96 bits per heavy atom. The van der Waals surface area contributed by atoms with Gasteiger partial charge in [-0.2, -0.15) is 18.3 Å². The largest absolute Gasteiger partial charge is 0.451 e. The summed E-state index contributed by atoms with van der Waals surface area (Å²) >= 11 is 0.905. The first-order chi connectivity index (χ1) is 11.9. The van der Waals surface area contributed by atoms with Crippen molar-refractivity contribution in [2.45, 2.75) is 17.8 Å². The zero-order chi connectivity index (χ0) is 18.0. The fourth-order valence-corrected chi connectivity index (χ4v) is 3.14. The Kier molecular flexibility index (Phi) is 4.80. The zero-order valence-electron chi connectivity index (χ0n) is 13.2. The number of halogens is 3. The minimum Gasteiger partial charge on any atom is -0.302 e. The lowest BCUT2D eigenvalue weighted by Gasteiger charge is -2.11. The normalized spacial score (nSPS) is 14.7. The van der Waals surface area contributed by atoms with Crippen molar-refractivity contribution in [1.82, 2.24) is 19.8 Å². The highest BCUT2D eigenvalue weighted by Gasteiger charge is 2.37. The van der Waals surface area contributed by atoms with Gasteiger partial charge in [0.2, 0.25) is 5.82 Å². The van der Waals surface area contributed by atoms with Gasteiger partial charge in [-0.15, -0.1) is 10.2 Å². The van der Waals surface area contributed by atoms with Crippen LogP contribution >= 0.6 is 11.8 Å². The number of amides is 1. The molecular weight excluding hydrogens is 355 g/mol. The number of rotatable bonds is 4. The molecule has 1 aliphatic heterocycles. The first-order valence-corrected chi connectivity index (χ1v) is 8.37. The maximum atomic E-state index is 12.7. The highest BCUT2D eigenvalue weighted by atomic mass is 32.2. The van der Waals surface area contributed by atoms with Crippen LogP contribution < -0.4 is 0 Å².